The highest BCUT2D eigenvalue weighted by molar-refractivity contribution is 5.83. The lowest BCUT2D eigenvalue weighted by Gasteiger charge is -2.36. The molecule has 0 unspecified atom stereocenters. The Morgan fingerprint density at radius 3 is 2.69 bits per heavy atom. The van der Waals surface area contributed by atoms with Gasteiger partial charge in [-0.2, -0.15) is 5.10 Å². The first-order chi connectivity index (χ1) is 12.6. The van der Waals surface area contributed by atoms with Gasteiger partial charge in [0, 0.05) is 36.8 Å². The van der Waals surface area contributed by atoms with Gasteiger partial charge in [0.1, 0.15) is 0 Å². The molecule has 4 nitrogen and oxygen atoms in total. The van der Waals surface area contributed by atoms with E-state index in [0.717, 1.165) is 19.5 Å². The summed E-state index contributed by atoms with van der Waals surface area (Å²) < 4.78 is 1.99. The Labute approximate surface area is 155 Å². The highest BCUT2D eigenvalue weighted by Crippen LogP contribution is 2.31. The SMILES string of the molecule is CC(C)n1cc(CN2CC[C@H](c3ccc4ccccc4c3)[C@@H](O)C2)cn1. The van der Waals surface area contributed by atoms with Crippen LogP contribution >= 0.6 is 0 Å². The summed E-state index contributed by atoms with van der Waals surface area (Å²) in [5.41, 5.74) is 2.47. The molecule has 2 heterocycles. The maximum absolute atomic E-state index is 10.8. The van der Waals surface area contributed by atoms with Crippen molar-refractivity contribution < 1.29 is 5.11 Å². The minimum absolute atomic E-state index is 0.217. The van der Waals surface area contributed by atoms with Crippen molar-refractivity contribution in [1.29, 1.82) is 0 Å². The molecule has 3 aromatic rings. The summed E-state index contributed by atoms with van der Waals surface area (Å²) in [4.78, 5) is 2.34. The number of aliphatic hydroxyl groups excluding tert-OH is 1. The summed E-state index contributed by atoms with van der Waals surface area (Å²) in [5, 5.41) is 17.7. The van der Waals surface area contributed by atoms with Crippen LogP contribution in [0.2, 0.25) is 0 Å². The number of likely N-dealkylation sites (tertiary alicyclic amines) is 1. The van der Waals surface area contributed by atoms with Gasteiger partial charge in [0.25, 0.3) is 0 Å². The van der Waals surface area contributed by atoms with Crippen LogP contribution < -0.4 is 0 Å². The fraction of sp³-hybridized carbons (Fsp3) is 0.409. The molecule has 1 N–H and O–H groups in total. The summed E-state index contributed by atoms with van der Waals surface area (Å²) in [7, 11) is 0. The van der Waals surface area contributed by atoms with Gasteiger partial charge in [-0.3, -0.25) is 9.58 Å². The number of nitrogens with zero attached hydrogens (tertiary/aromatic N) is 3. The number of fused-ring (bicyclic) bond motifs is 1. The number of aliphatic hydroxyl groups is 1. The number of rotatable bonds is 4. The number of aromatic nitrogens is 2. The molecule has 1 aliphatic rings. The second kappa shape index (κ2) is 7.22. The number of piperidine rings is 1. The van der Waals surface area contributed by atoms with Crippen LogP contribution in [0.4, 0.5) is 0 Å². The Morgan fingerprint density at radius 1 is 1.15 bits per heavy atom. The monoisotopic (exact) mass is 349 g/mol. The third-order valence-corrected chi connectivity index (χ3v) is 5.46. The Bertz CT molecular complexity index is 886. The number of hydrogen-bond acceptors (Lipinski definition) is 3. The minimum atomic E-state index is -0.329. The van der Waals surface area contributed by atoms with Gasteiger partial charge in [0.2, 0.25) is 0 Å². The smallest absolute Gasteiger partial charge is 0.0736 e. The maximum Gasteiger partial charge on any atom is 0.0736 e. The molecule has 4 heteroatoms. The van der Waals surface area contributed by atoms with Gasteiger partial charge in [-0.15, -0.1) is 0 Å². The molecule has 0 radical (unpaired) electrons. The predicted molar refractivity (Wildman–Crippen MR) is 105 cm³/mol. The van der Waals surface area contributed by atoms with Crippen molar-refractivity contribution in [3.8, 4) is 0 Å². The van der Waals surface area contributed by atoms with Crippen molar-refractivity contribution in [2.24, 2.45) is 0 Å². The number of β-amino-alcohol motifs (C(OH)–C–C–N with tert-alkyl or cyclic N) is 1. The largest absolute Gasteiger partial charge is 0.391 e. The van der Waals surface area contributed by atoms with Gasteiger partial charge in [-0.05, 0) is 43.1 Å². The molecule has 0 spiro atoms. The molecule has 1 aromatic heterocycles. The van der Waals surface area contributed by atoms with Crippen LogP contribution in [0.25, 0.3) is 10.8 Å². The molecule has 1 saturated heterocycles. The lowest BCUT2D eigenvalue weighted by atomic mass is 9.86. The average Bonchev–Trinajstić information content (AvgIpc) is 3.10. The Balaban J connectivity index is 1.43. The summed E-state index contributed by atoms with van der Waals surface area (Å²) in [5.74, 6) is 0.217. The molecule has 0 bridgehead atoms. The normalized spacial score (nSPS) is 21.5. The topological polar surface area (TPSA) is 41.3 Å². The highest BCUT2D eigenvalue weighted by Gasteiger charge is 2.29. The second-order valence-corrected chi connectivity index (χ2v) is 7.73. The average molecular weight is 349 g/mol. The van der Waals surface area contributed by atoms with Gasteiger partial charge in [-0.25, -0.2) is 0 Å². The standard InChI is InChI=1S/C22H27N3O/c1-16(2)25-14-17(12-23-25)13-24-10-9-21(22(26)15-24)20-8-7-18-5-3-4-6-19(18)11-20/h3-8,11-12,14,16,21-22,26H,9-10,13,15H2,1-2H3/t21-,22+/m1/s1. The second-order valence-electron chi connectivity index (χ2n) is 7.73. The van der Waals surface area contributed by atoms with Gasteiger partial charge in [-0.1, -0.05) is 42.5 Å². The van der Waals surface area contributed by atoms with Crippen LogP contribution in [0.3, 0.4) is 0 Å². The first-order valence-electron chi connectivity index (χ1n) is 9.52. The zero-order valence-corrected chi connectivity index (χ0v) is 15.5. The van der Waals surface area contributed by atoms with E-state index in [4.69, 9.17) is 0 Å². The van der Waals surface area contributed by atoms with Crippen molar-refractivity contribution >= 4 is 10.8 Å². The summed E-state index contributed by atoms with van der Waals surface area (Å²) >= 11 is 0. The van der Waals surface area contributed by atoms with Gasteiger partial charge < -0.3 is 5.11 Å². The quantitative estimate of drug-likeness (QED) is 0.775. The van der Waals surface area contributed by atoms with Crippen LogP contribution in [-0.4, -0.2) is 39.0 Å². The van der Waals surface area contributed by atoms with Crippen molar-refractivity contribution in [2.75, 3.05) is 13.1 Å². The number of benzene rings is 2. The molecule has 0 saturated carbocycles. The van der Waals surface area contributed by atoms with E-state index in [-0.39, 0.29) is 12.0 Å². The molecule has 0 aliphatic carbocycles. The molecule has 1 fully saturated rings. The van der Waals surface area contributed by atoms with Crippen molar-refractivity contribution in [3.63, 3.8) is 0 Å². The lowest BCUT2D eigenvalue weighted by Crippen LogP contribution is -2.42. The van der Waals surface area contributed by atoms with E-state index in [0.29, 0.717) is 12.6 Å². The van der Waals surface area contributed by atoms with E-state index in [1.807, 2.05) is 10.9 Å². The third-order valence-electron chi connectivity index (χ3n) is 5.46. The first kappa shape index (κ1) is 17.3. The zero-order valence-electron chi connectivity index (χ0n) is 15.5. The van der Waals surface area contributed by atoms with E-state index >= 15 is 0 Å². The molecule has 0 amide bonds. The van der Waals surface area contributed by atoms with Crippen LogP contribution in [0.5, 0.6) is 0 Å². The highest BCUT2D eigenvalue weighted by atomic mass is 16.3. The predicted octanol–water partition coefficient (Wildman–Crippen LogP) is 3.97. The fourth-order valence-electron chi connectivity index (χ4n) is 3.97. The van der Waals surface area contributed by atoms with E-state index < -0.39 is 0 Å². The lowest BCUT2D eigenvalue weighted by molar-refractivity contribution is 0.0477. The number of hydrogen-bond donors (Lipinski definition) is 1. The maximum atomic E-state index is 10.8. The first-order valence-corrected chi connectivity index (χ1v) is 9.52. The molecule has 136 valence electrons. The minimum Gasteiger partial charge on any atom is -0.391 e. The molecule has 4 rings (SSSR count). The van der Waals surface area contributed by atoms with Crippen LogP contribution in [0.1, 0.15) is 43.4 Å². The van der Waals surface area contributed by atoms with Gasteiger partial charge in [0.15, 0.2) is 0 Å². The Morgan fingerprint density at radius 2 is 1.96 bits per heavy atom. The fourth-order valence-corrected chi connectivity index (χ4v) is 3.97. The Hall–Kier alpha value is -2.17. The molecule has 26 heavy (non-hydrogen) atoms. The van der Waals surface area contributed by atoms with Gasteiger partial charge >= 0.3 is 0 Å². The van der Waals surface area contributed by atoms with Crippen LogP contribution in [0, 0.1) is 0 Å². The summed E-state index contributed by atoms with van der Waals surface area (Å²) in [6.45, 7) is 6.84. The molecular formula is C22H27N3O. The molecule has 2 aromatic carbocycles. The molecule has 1 aliphatic heterocycles. The Kier molecular flexibility index (Phi) is 4.79. The van der Waals surface area contributed by atoms with E-state index in [2.05, 4.69) is 72.5 Å². The zero-order chi connectivity index (χ0) is 18.1. The van der Waals surface area contributed by atoms with Crippen molar-refractivity contribution in [1.82, 2.24) is 14.7 Å². The van der Waals surface area contributed by atoms with Crippen molar-refractivity contribution in [2.45, 2.75) is 44.9 Å². The molecular weight excluding hydrogens is 322 g/mol. The van der Waals surface area contributed by atoms with E-state index in [9.17, 15) is 5.11 Å². The summed E-state index contributed by atoms with van der Waals surface area (Å²) in [6.07, 6.45) is 4.72. The van der Waals surface area contributed by atoms with Gasteiger partial charge in [0.05, 0.1) is 12.3 Å². The summed E-state index contributed by atoms with van der Waals surface area (Å²) in [6, 6.07) is 15.4. The van der Waals surface area contributed by atoms with Crippen LogP contribution in [0.15, 0.2) is 54.9 Å². The third kappa shape index (κ3) is 3.53. The van der Waals surface area contributed by atoms with Crippen LogP contribution in [-0.2, 0) is 6.54 Å². The van der Waals surface area contributed by atoms with Crippen molar-refractivity contribution in [3.05, 3.63) is 66.0 Å². The van der Waals surface area contributed by atoms with E-state index in [1.165, 1.54) is 21.9 Å². The molecule has 2 atom stereocenters. The van der Waals surface area contributed by atoms with E-state index in [1.54, 1.807) is 0 Å².